The molecule has 0 fully saturated rings. The molecule has 0 saturated heterocycles. The zero-order valence-electron chi connectivity index (χ0n) is 25.5. The summed E-state index contributed by atoms with van der Waals surface area (Å²) in [6.45, 7) is 2.50. The van der Waals surface area contributed by atoms with Crippen LogP contribution in [-0.4, -0.2) is 45.5 Å². The van der Waals surface area contributed by atoms with Crippen LogP contribution in [0.25, 0.3) is 12.2 Å². The predicted octanol–water partition coefficient (Wildman–Crippen LogP) is 6.42. The average Bonchev–Trinajstić information content (AvgIpc) is 3.07. The summed E-state index contributed by atoms with van der Waals surface area (Å²) >= 11 is 0. The molecule has 4 rings (SSSR count). The van der Waals surface area contributed by atoms with Gasteiger partial charge in [0.15, 0.2) is 17.3 Å². The minimum atomic E-state index is -0.581. The van der Waals surface area contributed by atoms with Crippen LogP contribution >= 0.6 is 0 Å². The molecule has 4 aromatic rings. The van der Waals surface area contributed by atoms with E-state index in [0.29, 0.717) is 46.2 Å². The molecule has 9 heteroatoms. The molecule has 2 amide bonds. The van der Waals surface area contributed by atoms with Crippen molar-refractivity contribution >= 4 is 35.4 Å². The fraction of sp³-hybridized carbons (Fsp3) is 0.139. The Hall–Kier alpha value is -5.83. The van der Waals surface area contributed by atoms with Crippen LogP contribution in [0.1, 0.15) is 38.8 Å². The monoisotopic (exact) mass is 606 g/mol. The summed E-state index contributed by atoms with van der Waals surface area (Å²) in [6.07, 6.45) is 4.72. The number of benzene rings is 4. The van der Waals surface area contributed by atoms with Crippen molar-refractivity contribution in [2.75, 3.05) is 33.3 Å². The van der Waals surface area contributed by atoms with Crippen molar-refractivity contribution in [3.63, 3.8) is 0 Å². The molecule has 0 atom stereocenters. The summed E-state index contributed by atoms with van der Waals surface area (Å²) < 4.78 is 21.7. The summed E-state index contributed by atoms with van der Waals surface area (Å²) in [4.78, 5) is 39.3. The number of hydrogen-bond acceptors (Lipinski definition) is 7. The molecule has 0 saturated carbocycles. The van der Waals surface area contributed by atoms with Crippen molar-refractivity contribution in [1.82, 2.24) is 5.32 Å². The maximum atomic E-state index is 13.5. The maximum Gasteiger partial charge on any atom is 0.272 e. The Labute approximate surface area is 262 Å². The second-order valence-electron chi connectivity index (χ2n) is 9.57. The van der Waals surface area contributed by atoms with Gasteiger partial charge in [-0.05, 0) is 90.9 Å². The Kier molecular flexibility index (Phi) is 11.1. The van der Waals surface area contributed by atoms with Crippen LogP contribution in [-0.2, 0) is 4.79 Å². The number of nitrogens with one attached hydrogen (secondary N) is 2. The third kappa shape index (κ3) is 8.61. The third-order valence-corrected chi connectivity index (χ3v) is 6.57. The first-order valence-electron chi connectivity index (χ1n) is 14.1. The number of methoxy groups -OCH3 is 3. The number of carbonyl (C=O) groups is 3. The van der Waals surface area contributed by atoms with Gasteiger partial charge in [0.1, 0.15) is 11.4 Å². The van der Waals surface area contributed by atoms with Crippen molar-refractivity contribution in [3.8, 4) is 23.0 Å². The van der Waals surface area contributed by atoms with Crippen LogP contribution in [0.2, 0.25) is 0 Å². The molecule has 9 nitrogen and oxygen atoms in total. The summed E-state index contributed by atoms with van der Waals surface area (Å²) in [5.41, 5.74) is 2.60. The molecule has 0 aromatic heterocycles. The topological polar surface area (TPSA) is 112 Å². The fourth-order valence-electron chi connectivity index (χ4n) is 4.32. The van der Waals surface area contributed by atoms with E-state index in [2.05, 4.69) is 10.6 Å². The summed E-state index contributed by atoms with van der Waals surface area (Å²) in [5.74, 6) is 0.676. The number of carbonyl (C=O) groups excluding carboxylic acids is 3. The summed E-state index contributed by atoms with van der Waals surface area (Å²) in [5, 5.41) is 5.49. The Morgan fingerprint density at radius 3 is 1.96 bits per heavy atom. The van der Waals surface area contributed by atoms with Crippen LogP contribution in [0.4, 0.5) is 5.69 Å². The Morgan fingerprint density at radius 2 is 1.38 bits per heavy atom. The van der Waals surface area contributed by atoms with E-state index in [1.807, 2.05) is 31.2 Å². The first-order chi connectivity index (χ1) is 21.8. The number of allylic oxidation sites excluding steroid dienone is 1. The highest BCUT2D eigenvalue weighted by Gasteiger charge is 2.18. The minimum Gasteiger partial charge on any atom is -0.494 e. The van der Waals surface area contributed by atoms with E-state index in [-0.39, 0.29) is 11.5 Å². The lowest BCUT2D eigenvalue weighted by Gasteiger charge is -2.14. The van der Waals surface area contributed by atoms with Crippen molar-refractivity contribution in [3.05, 3.63) is 125 Å². The van der Waals surface area contributed by atoms with Gasteiger partial charge in [0.2, 0.25) is 5.75 Å². The highest BCUT2D eigenvalue weighted by Crippen LogP contribution is 2.38. The van der Waals surface area contributed by atoms with Gasteiger partial charge in [-0.15, -0.1) is 0 Å². The number of hydrogen-bond donors (Lipinski definition) is 2. The normalized spacial score (nSPS) is 11.1. The molecule has 4 aromatic carbocycles. The third-order valence-electron chi connectivity index (χ3n) is 6.57. The number of rotatable bonds is 13. The minimum absolute atomic E-state index is 0.0310. The molecular formula is C36H34N2O7. The lowest BCUT2D eigenvalue weighted by atomic mass is 10.1. The largest absolute Gasteiger partial charge is 0.494 e. The number of anilines is 1. The number of ether oxygens (including phenoxy) is 4. The second-order valence-corrected chi connectivity index (χ2v) is 9.57. The smallest absolute Gasteiger partial charge is 0.272 e. The second kappa shape index (κ2) is 15.6. The summed E-state index contributed by atoms with van der Waals surface area (Å²) in [7, 11) is 4.46. The van der Waals surface area contributed by atoms with E-state index < -0.39 is 11.8 Å². The molecular weight excluding hydrogens is 572 g/mol. The van der Waals surface area contributed by atoms with Crippen LogP contribution < -0.4 is 29.6 Å². The van der Waals surface area contributed by atoms with E-state index in [1.165, 1.54) is 33.5 Å². The Bertz CT molecular complexity index is 1670. The molecule has 0 aliphatic heterocycles. The molecule has 0 heterocycles. The van der Waals surface area contributed by atoms with E-state index in [1.54, 1.807) is 72.8 Å². The van der Waals surface area contributed by atoms with E-state index in [9.17, 15) is 14.4 Å². The van der Waals surface area contributed by atoms with Gasteiger partial charge in [0.25, 0.3) is 11.8 Å². The standard InChI is InChI=1S/C36H34N2O7/c1-5-45-29-18-11-24(12-19-29)13-20-31(39)26-14-16-28(17-15-26)37-36(41)30(38-35(40)27-9-7-6-8-10-27)21-25-22-32(42-2)34(44-4)33(23-25)43-3/h6-23H,5H2,1-4H3,(H,37,41)(H,38,40)/b20-13+,30-21-. The van der Waals surface area contributed by atoms with Crippen LogP contribution in [0, 0.1) is 0 Å². The van der Waals surface area contributed by atoms with Gasteiger partial charge in [0.05, 0.1) is 27.9 Å². The average molecular weight is 607 g/mol. The Balaban J connectivity index is 1.54. The number of amides is 2. The molecule has 45 heavy (non-hydrogen) atoms. The van der Waals surface area contributed by atoms with Crippen LogP contribution in [0.15, 0.2) is 103 Å². The maximum absolute atomic E-state index is 13.5. The number of ketones is 1. The van der Waals surface area contributed by atoms with Crippen molar-refractivity contribution in [1.29, 1.82) is 0 Å². The van der Waals surface area contributed by atoms with Gasteiger partial charge < -0.3 is 29.6 Å². The first-order valence-corrected chi connectivity index (χ1v) is 14.1. The molecule has 0 aliphatic carbocycles. The lowest BCUT2D eigenvalue weighted by Crippen LogP contribution is -2.30. The van der Waals surface area contributed by atoms with Gasteiger partial charge in [-0.1, -0.05) is 36.4 Å². The van der Waals surface area contributed by atoms with E-state index in [0.717, 1.165) is 11.3 Å². The van der Waals surface area contributed by atoms with E-state index >= 15 is 0 Å². The van der Waals surface area contributed by atoms with Crippen molar-refractivity contribution < 1.29 is 33.3 Å². The van der Waals surface area contributed by atoms with Gasteiger partial charge in [-0.3, -0.25) is 14.4 Å². The SMILES string of the molecule is CCOc1ccc(/C=C/C(=O)c2ccc(NC(=O)/C(=C/c3cc(OC)c(OC)c(OC)c3)NC(=O)c3ccccc3)cc2)cc1. The summed E-state index contributed by atoms with van der Waals surface area (Å²) in [6, 6.07) is 25.7. The predicted molar refractivity (Wildman–Crippen MR) is 174 cm³/mol. The molecule has 2 N–H and O–H groups in total. The van der Waals surface area contributed by atoms with Gasteiger partial charge >= 0.3 is 0 Å². The highest BCUT2D eigenvalue weighted by molar-refractivity contribution is 6.11. The van der Waals surface area contributed by atoms with E-state index in [4.69, 9.17) is 18.9 Å². The van der Waals surface area contributed by atoms with Gasteiger partial charge in [-0.25, -0.2) is 0 Å². The van der Waals surface area contributed by atoms with Gasteiger partial charge in [0, 0.05) is 16.8 Å². The Morgan fingerprint density at radius 1 is 0.733 bits per heavy atom. The lowest BCUT2D eigenvalue weighted by molar-refractivity contribution is -0.113. The van der Waals surface area contributed by atoms with Crippen molar-refractivity contribution in [2.45, 2.75) is 6.92 Å². The fourth-order valence-corrected chi connectivity index (χ4v) is 4.32. The van der Waals surface area contributed by atoms with Gasteiger partial charge in [-0.2, -0.15) is 0 Å². The molecule has 0 spiro atoms. The molecule has 0 unspecified atom stereocenters. The van der Waals surface area contributed by atoms with Crippen LogP contribution in [0.5, 0.6) is 23.0 Å². The zero-order valence-corrected chi connectivity index (χ0v) is 25.5. The first kappa shape index (κ1) is 32.1. The zero-order chi connectivity index (χ0) is 32.2. The molecule has 230 valence electrons. The molecule has 0 radical (unpaired) electrons. The quantitative estimate of drug-likeness (QED) is 0.134. The molecule has 0 bridgehead atoms. The molecule has 0 aliphatic rings. The van der Waals surface area contributed by atoms with Crippen molar-refractivity contribution in [2.24, 2.45) is 0 Å². The van der Waals surface area contributed by atoms with Crippen LogP contribution in [0.3, 0.4) is 0 Å². The highest BCUT2D eigenvalue weighted by atomic mass is 16.5.